The predicted octanol–water partition coefficient (Wildman–Crippen LogP) is 1.44. The number of amides is 3. The number of hydrogen-bond acceptors (Lipinski definition) is 7. The summed E-state index contributed by atoms with van der Waals surface area (Å²) in [7, 11) is 0. The van der Waals surface area contributed by atoms with Crippen molar-refractivity contribution in [1.29, 1.82) is 0 Å². The van der Waals surface area contributed by atoms with Crippen LogP contribution in [0.3, 0.4) is 0 Å². The van der Waals surface area contributed by atoms with Gasteiger partial charge in [-0.05, 0) is 41.7 Å². The number of phenolic OH excluding ortho intramolecular Hbond substituents is 1. The number of phenols is 1. The van der Waals surface area contributed by atoms with Gasteiger partial charge in [-0.2, -0.15) is 0 Å². The Kier molecular flexibility index (Phi) is 11.9. The first kappa shape index (κ1) is 33.6. The fourth-order valence-corrected chi connectivity index (χ4v) is 4.70. The molecule has 1 heterocycles. The van der Waals surface area contributed by atoms with Gasteiger partial charge in [-0.15, -0.1) is 0 Å². The SMILES string of the molecule is CCC(C)C(NC(=O)C(Cc1c[nH]c2ccccc12)NC(=O)C(N)CCC(=O)O)C(=O)NC(Cc1ccc(O)cc1)C(=O)O. The zero-order valence-corrected chi connectivity index (χ0v) is 24.6. The van der Waals surface area contributed by atoms with Crippen LogP contribution < -0.4 is 21.7 Å². The van der Waals surface area contributed by atoms with Gasteiger partial charge in [-0.3, -0.25) is 19.2 Å². The number of aromatic amines is 1. The number of aliphatic carboxylic acids is 2. The molecule has 0 aliphatic heterocycles. The van der Waals surface area contributed by atoms with Crippen molar-refractivity contribution in [3.05, 3.63) is 65.9 Å². The largest absolute Gasteiger partial charge is 0.508 e. The number of carbonyl (C=O) groups excluding carboxylic acids is 3. The Labute approximate surface area is 254 Å². The number of hydrogen-bond donors (Lipinski definition) is 8. The van der Waals surface area contributed by atoms with Gasteiger partial charge in [0, 0.05) is 36.4 Å². The fraction of sp³-hybridized carbons (Fsp3) is 0.387. The first-order valence-electron chi connectivity index (χ1n) is 14.3. The molecule has 13 nitrogen and oxygen atoms in total. The van der Waals surface area contributed by atoms with Crippen molar-refractivity contribution in [2.24, 2.45) is 11.7 Å². The first-order chi connectivity index (χ1) is 20.9. The van der Waals surface area contributed by atoms with Crippen molar-refractivity contribution < 1.29 is 39.3 Å². The zero-order valence-electron chi connectivity index (χ0n) is 24.6. The molecule has 44 heavy (non-hydrogen) atoms. The molecule has 0 saturated heterocycles. The number of benzene rings is 2. The molecular weight excluding hydrogens is 570 g/mol. The number of rotatable bonds is 16. The Bertz CT molecular complexity index is 1470. The highest BCUT2D eigenvalue weighted by molar-refractivity contribution is 5.95. The van der Waals surface area contributed by atoms with Crippen LogP contribution in [0.15, 0.2) is 54.7 Å². The van der Waals surface area contributed by atoms with E-state index in [4.69, 9.17) is 10.8 Å². The summed E-state index contributed by atoms with van der Waals surface area (Å²) in [4.78, 5) is 66.2. The summed E-state index contributed by atoms with van der Waals surface area (Å²) in [6, 6.07) is 8.46. The van der Waals surface area contributed by atoms with Crippen LogP contribution in [-0.4, -0.2) is 74.1 Å². The van der Waals surface area contributed by atoms with Crippen LogP contribution in [0.25, 0.3) is 10.9 Å². The lowest BCUT2D eigenvalue weighted by atomic mass is 9.96. The molecule has 0 spiro atoms. The third-order valence-corrected chi connectivity index (χ3v) is 7.52. The summed E-state index contributed by atoms with van der Waals surface area (Å²) in [5, 5.41) is 36.9. The number of H-pyrrole nitrogens is 1. The molecule has 3 aromatic rings. The number of aromatic nitrogens is 1. The Balaban J connectivity index is 1.83. The maximum absolute atomic E-state index is 13.7. The van der Waals surface area contributed by atoms with Gasteiger partial charge in [0.15, 0.2) is 0 Å². The highest BCUT2D eigenvalue weighted by Gasteiger charge is 2.33. The van der Waals surface area contributed by atoms with Gasteiger partial charge in [-0.25, -0.2) is 4.79 Å². The van der Waals surface area contributed by atoms with Crippen LogP contribution in [0.4, 0.5) is 0 Å². The van der Waals surface area contributed by atoms with E-state index < -0.39 is 59.7 Å². The molecule has 2 aromatic carbocycles. The number of aromatic hydroxyl groups is 1. The summed E-state index contributed by atoms with van der Waals surface area (Å²) in [5.41, 5.74) is 8.00. The van der Waals surface area contributed by atoms with E-state index in [1.165, 1.54) is 12.1 Å². The Morgan fingerprint density at radius 2 is 1.52 bits per heavy atom. The average molecular weight is 610 g/mol. The van der Waals surface area contributed by atoms with Crippen LogP contribution in [0, 0.1) is 5.92 Å². The molecule has 0 bridgehead atoms. The molecule has 13 heteroatoms. The quantitative estimate of drug-likeness (QED) is 0.117. The number of carbonyl (C=O) groups is 5. The van der Waals surface area contributed by atoms with Gasteiger partial charge < -0.3 is 42.0 Å². The Morgan fingerprint density at radius 3 is 2.16 bits per heavy atom. The van der Waals surface area contributed by atoms with Crippen molar-refractivity contribution in [2.75, 3.05) is 0 Å². The van der Waals surface area contributed by atoms with E-state index in [2.05, 4.69) is 20.9 Å². The molecule has 0 aliphatic rings. The Morgan fingerprint density at radius 1 is 0.864 bits per heavy atom. The van der Waals surface area contributed by atoms with Crippen molar-refractivity contribution in [2.45, 2.75) is 70.1 Å². The minimum Gasteiger partial charge on any atom is -0.508 e. The highest BCUT2D eigenvalue weighted by Crippen LogP contribution is 2.20. The summed E-state index contributed by atoms with van der Waals surface area (Å²) >= 11 is 0. The van der Waals surface area contributed by atoms with Gasteiger partial charge in [0.1, 0.15) is 23.9 Å². The van der Waals surface area contributed by atoms with E-state index in [-0.39, 0.29) is 31.4 Å². The van der Waals surface area contributed by atoms with Crippen molar-refractivity contribution >= 4 is 40.6 Å². The molecule has 3 amide bonds. The molecule has 0 radical (unpaired) electrons. The topological polar surface area (TPSA) is 224 Å². The number of carboxylic acid groups (broad SMARTS) is 2. The molecule has 5 unspecified atom stereocenters. The van der Waals surface area contributed by atoms with E-state index >= 15 is 0 Å². The standard InChI is InChI=1S/C31H39N5O8/c1-3-17(2)27(30(42)35-25(31(43)44)14-18-8-10-20(37)11-9-18)36-29(41)24(34-28(40)22(32)12-13-26(38)39)15-19-16-33-23-7-5-4-6-21(19)23/h4-11,16-17,22,24-25,27,33,37H,3,12-15,32H2,1-2H3,(H,34,40)(H,35,42)(H,36,41)(H,38,39)(H,43,44). The molecule has 236 valence electrons. The lowest BCUT2D eigenvalue weighted by molar-refractivity contribution is -0.142. The van der Waals surface area contributed by atoms with Gasteiger partial charge in [0.2, 0.25) is 17.7 Å². The molecular formula is C31H39N5O8. The number of nitrogens with one attached hydrogen (secondary N) is 4. The molecule has 9 N–H and O–H groups in total. The second-order valence-electron chi connectivity index (χ2n) is 10.8. The van der Waals surface area contributed by atoms with E-state index in [9.17, 15) is 34.2 Å². The van der Waals surface area contributed by atoms with Gasteiger partial charge in [0.25, 0.3) is 0 Å². The molecule has 0 saturated carbocycles. The van der Waals surface area contributed by atoms with Crippen molar-refractivity contribution in [1.82, 2.24) is 20.9 Å². The molecule has 1 aromatic heterocycles. The maximum atomic E-state index is 13.7. The van der Waals surface area contributed by atoms with E-state index in [0.717, 1.165) is 10.9 Å². The number of carboxylic acids is 2. The first-order valence-corrected chi connectivity index (χ1v) is 14.3. The molecule has 0 fully saturated rings. The number of para-hydroxylation sites is 1. The smallest absolute Gasteiger partial charge is 0.326 e. The van der Waals surface area contributed by atoms with Crippen LogP contribution in [0.2, 0.25) is 0 Å². The average Bonchev–Trinajstić information content (AvgIpc) is 3.40. The zero-order chi connectivity index (χ0) is 32.4. The lowest BCUT2D eigenvalue weighted by Gasteiger charge is -2.28. The van der Waals surface area contributed by atoms with E-state index in [1.807, 2.05) is 31.2 Å². The van der Waals surface area contributed by atoms with Crippen LogP contribution in [0.5, 0.6) is 5.75 Å². The predicted molar refractivity (Wildman–Crippen MR) is 162 cm³/mol. The monoisotopic (exact) mass is 609 g/mol. The van der Waals surface area contributed by atoms with Gasteiger partial charge >= 0.3 is 11.9 Å². The second-order valence-corrected chi connectivity index (χ2v) is 10.8. The fourth-order valence-electron chi connectivity index (χ4n) is 4.70. The minimum absolute atomic E-state index is 0.0151. The normalized spacial score (nSPS) is 14.5. The molecule has 5 atom stereocenters. The Hall–Kier alpha value is -4.91. The van der Waals surface area contributed by atoms with Crippen LogP contribution >= 0.6 is 0 Å². The van der Waals surface area contributed by atoms with E-state index in [1.54, 1.807) is 25.3 Å². The van der Waals surface area contributed by atoms with Crippen molar-refractivity contribution in [3.63, 3.8) is 0 Å². The minimum atomic E-state index is -1.32. The third kappa shape index (κ3) is 9.30. The van der Waals surface area contributed by atoms with Gasteiger partial charge in [0.05, 0.1) is 6.04 Å². The summed E-state index contributed by atoms with van der Waals surface area (Å²) < 4.78 is 0. The van der Waals surface area contributed by atoms with Crippen molar-refractivity contribution in [3.8, 4) is 5.75 Å². The molecule has 0 aliphatic carbocycles. The maximum Gasteiger partial charge on any atom is 0.326 e. The highest BCUT2D eigenvalue weighted by atomic mass is 16.4. The van der Waals surface area contributed by atoms with Crippen LogP contribution in [0.1, 0.15) is 44.2 Å². The third-order valence-electron chi connectivity index (χ3n) is 7.52. The van der Waals surface area contributed by atoms with Gasteiger partial charge in [-0.1, -0.05) is 50.6 Å². The summed E-state index contributed by atoms with van der Waals surface area (Å²) in [5.74, 6) is -4.93. The van der Waals surface area contributed by atoms with E-state index in [0.29, 0.717) is 17.5 Å². The number of nitrogens with two attached hydrogens (primary N) is 1. The second kappa shape index (κ2) is 15.5. The van der Waals surface area contributed by atoms with Crippen LogP contribution in [-0.2, 0) is 36.8 Å². The summed E-state index contributed by atoms with van der Waals surface area (Å²) in [6.07, 6.45) is 1.67. The molecule has 3 rings (SSSR count). The number of fused-ring (bicyclic) bond motifs is 1. The lowest BCUT2D eigenvalue weighted by Crippen LogP contribution is -2.59. The summed E-state index contributed by atoms with van der Waals surface area (Å²) in [6.45, 7) is 3.55.